The molecule has 0 atom stereocenters. The van der Waals surface area contributed by atoms with Crippen LogP contribution in [0.5, 0.6) is 0 Å². The number of nitrogens with zero attached hydrogens (tertiary/aromatic N) is 2. The summed E-state index contributed by atoms with van der Waals surface area (Å²) in [6, 6.07) is 5.01. The van der Waals surface area contributed by atoms with Crippen LogP contribution in [0.2, 0.25) is 0 Å². The second-order valence-electron chi connectivity index (χ2n) is 2.74. The molecule has 1 rings (SSSR count). The van der Waals surface area contributed by atoms with Gasteiger partial charge in [-0.1, -0.05) is 13.0 Å². The van der Waals surface area contributed by atoms with Crippen LogP contribution < -0.4 is 0 Å². The molecule has 0 saturated carbocycles. The quantitative estimate of drug-likeness (QED) is 0.744. The highest BCUT2D eigenvalue weighted by atomic mass is 32.2. The Kier molecular flexibility index (Phi) is 3.20. The molecule has 5 heteroatoms. The van der Waals surface area contributed by atoms with E-state index in [1.54, 1.807) is 13.0 Å². The van der Waals surface area contributed by atoms with Crippen molar-refractivity contribution in [1.82, 2.24) is 4.98 Å². The van der Waals surface area contributed by atoms with Crippen LogP contribution in [0.3, 0.4) is 0 Å². The number of hydrogen-bond acceptors (Lipinski definition) is 4. The van der Waals surface area contributed by atoms with Gasteiger partial charge in [-0.3, -0.25) is 0 Å². The van der Waals surface area contributed by atoms with Crippen molar-refractivity contribution in [2.24, 2.45) is 0 Å². The molecule has 0 aliphatic rings. The van der Waals surface area contributed by atoms with Gasteiger partial charge in [-0.25, -0.2) is 13.4 Å². The van der Waals surface area contributed by atoms with Crippen molar-refractivity contribution >= 4 is 9.84 Å². The molecule has 0 bridgehead atoms. The molecule has 0 aromatic carbocycles. The molecule has 4 nitrogen and oxygen atoms in total. The van der Waals surface area contributed by atoms with Gasteiger partial charge in [-0.05, 0) is 11.6 Å². The Morgan fingerprint density at radius 3 is 2.64 bits per heavy atom. The first-order valence-corrected chi connectivity index (χ1v) is 5.80. The van der Waals surface area contributed by atoms with E-state index >= 15 is 0 Å². The van der Waals surface area contributed by atoms with Gasteiger partial charge in [0.05, 0.1) is 18.2 Å². The van der Waals surface area contributed by atoms with Gasteiger partial charge >= 0.3 is 0 Å². The molecule has 74 valence electrons. The van der Waals surface area contributed by atoms with Crippen molar-refractivity contribution in [3.8, 4) is 6.07 Å². The molecule has 0 aliphatic heterocycles. The van der Waals surface area contributed by atoms with Crippen molar-refractivity contribution in [2.75, 3.05) is 5.75 Å². The monoisotopic (exact) mass is 210 g/mol. The van der Waals surface area contributed by atoms with Crippen molar-refractivity contribution in [2.45, 2.75) is 18.4 Å². The summed E-state index contributed by atoms with van der Waals surface area (Å²) in [7, 11) is -3.22. The van der Waals surface area contributed by atoms with Crippen LogP contribution in [0.15, 0.2) is 23.4 Å². The maximum atomic E-state index is 11.3. The Balaban J connectivity index is 3.01. The molecular formula is C9H10N2O2S. The molecule has 0 aliphatic carbocycles. The summed E-state index contributed by atoms with van der Waals surface area (Å²) in [5.41, 5.74) is 0.725. The predicted octanol–water partition coefficient (Wildman–Crippen LogP) is 0.941. The van der Waals surface area contributed by atoms with Gasteiger partial charge in [-0.2, -0.15) is 5.26 Å². The largest absolute Gasteiger partial charge is 0.244 e. The molecule has 0 amide bonds. The average molecular weight is 210 g/mol. The van der Waals surface area contributed by atoms with E-state index < -0.39 is 9.84 Å². The molecule has 0 saturated heterocycles. The molecule has 14 heavy (non-hydrogen) atoms. The fourth-order valence-corrected chi connectivity index (χ4v) is 1.72. The third-order valence-corrected chi connectivity index (χ3v) is 3.42. The van der Waals surface area contributed by atoms with Gasteiger partial charge in [0.15, 0.2) is 14.9 Å². The minimum atomic E-state index is -3.22. The van der Waals surface area contributed by atoms with Crippen LogP contribution in [0.4, 0.5) is 0 Å². The first-order valence-electron chi connectivity index (χ1n) is 4.15. The van der Waals surface area contributed by atoms with Crippen LogP contribution in [0, 0.1) is 11.3 Å². The Bertz CT molecular complexity index is 443. The highest BCUT2D eigenvalue weighted by Gasteiger charge is 2.12. The van der Waals surface area contributed by atoms with Crippen molar-refractivity contribution in [3.05, 3.63) is 23.9 Å². The maximum Gasteiger partial charge on any atom is 0.195 e. The van der Waals surface area contributed by atoms with E-state index in [1.165, 1.54) is 12.3 Å². The number of nitriles is 1. The predicted molar refractivity (Wildman–Crippen MR) is 51.3 cm³/mol. The standard InChI is InChI=1S/C9H10N2O2S/c1-2-14(12,13)9-4-3-8(5-6-10)7-11-9/h3-4,7H,2,5H2,1H3. The SMILES string of the molecule is CCS(=O)(=O)c1ccc(CC#N)cn1. The van der Waals surface area contributed by atoms with Crippen molar-refractivity contribution in [3.63, 3.8) is 0 Å². The molecule has 0 fully saturated rings. The van der Waals surface area contributed by atoms with E-state index in [9.17, 15) is 8.42 Å². The summed E-state index contributed by atoms with van der Waals surface area (Å²) < 4.78 is 22.7. The topological polar surface area (TPSA) is 70.8 Å². The molecule has 1 aromatic heterocycles. The van der Waals surface area contributed by atoms with Crippen LogP contribution >= 0.6 is 0 Å². The summed E-state index contributed by atoms with van der Waals surface area (Å²) in [4.78, 5) is 3.80. The number of rotatable bonds is 3. The van der Waals surface area contributed by atoms with Gasteiger partial charge < -0.3 is 0 Å². The third-order valence-electron chi connectivity index (χ3n) is 1.78. The van der Waals surface area contributed by atoms with Crippen LogP contribution in [0.1, 0.15) is 12.5 Å². The van der Waals surface area contributed by atoms with E-state index in [2.05, 4.69) is 4.98 Å². The van der Waals surface area contributed by atoms with Crippen LogP contribution in [-0.4, -0.2) is 19.2 Å². The second-order valence-corrected chi connectivity index (χ2v) is 4.97. The van der Waals surface area contributed by atoms with Gasteiger partial charge in [0.25, 0.3) is 0 Å². The van der Waals surface area contributed by atoms with E-state index in [0.29, 0.717) is 0 Å². The van der Waals surface area contributed by atoms with E-state index in [1.807, 2.05) is 6.07 Å². The zero-order chi connectivity index (χ0) is 10.6. The Morgan fingerprint density at radius 2 is 2.21 bits per heavy atom. The number of sulfone groups is 1. The summed E-state index contributed by atoms with van der Waals surface area (Å²) in [6.07, 6.45) is 1.67. The zero-order valence-corrected chi connectivity index (χ0v) is 8.58. The number of pyridine rings is 1. The van der Waals surface area contributed by atoms with E-state index in [4.69, 9.17) is 5.26 Å². The molecule has 0 N–H and O–H groups in total. The molecule has 0 radical (unpaired) electrons. The summed E-state index contributed by atoms with van der Waals surface area (Å²) in [5, 5.41) is 8.47. The minimum Gasteiger partial charge on any atom is -0.244 e. The van der Waals surface area contributed by atoms with Gasteiger partial charge in [0.2, 0.25) is 0 Å². The smallest absolute Gasteiger partial charge is 0.195 e. The lowest BCUT2D eigenvalue weighted by molar-refractivity contribution is 0.593. The van der Waals surface area contributed by atoms with E-state index in [-0.39, 0.29) is 17.2 Å². The second kappa shape index (κ2) is 4.20. The Hall–Kier alpha value is -1.41. The van der Waals surface area contributed by atoms with Crippen LogP contribution in [-0.2, 0) is 16.3 Å². The highest BCUT2D eigenvalue weighted by molar-refractivity contribution is 7.91. The fourth-order valence-electron chi connectivity index (χ4n) is 0.939. The van der Waals surface area contributed by atoms with Crippen LogP contribution in [0.25, 0.3) is 0 Å². The fraction of sp³-hybridized carbons (Fsp3) is 0.333. The Morgan fingerprint density at radius 1 is 1.50 bits per heavy atom. The molecule has 0 unspecified atom stereocenters. The highest BCUT2D eigenvalue weighted by Crippen LogP contribution is 2.08. The summed E-state index contributed by atoms with van der Waals surface area (Å²) in [6.45, 7) is 1.57. The Labute approximate surface area is 83.1 Å². The maximum absolute atomic E-state index is 11.3. The molecule has 1 heterocycles. The number of hydrogen-bond donors (Lipinski definition) is 0. The molecular weight excluding hydrogens is 200 g/mol. The number of aromatic nitrogens is 1. The first-order chi connectivity index (χ1) is 6.60. The zero-order valence-electron chi connectivity index (χ0n) is 7.77. The van der Waals surface area contributed by atoms with Crippen molar-refractivity contribution < 1.29 is 8.42 Å². The molecule has 1 aromatic rings. The first kappa shape index (κ1) is 10.7. The lowest BCUT2D eigenvalue weighted by atomic mass is 10.2. The normalized spacial score (nSPS) is 10.9. The average Bonchev–Trinajstić information content (AvgIpc) is 2.19. The lowest BCUT2D eigenvalue weighted by Crippen LogP contribution is -2.05. The van der Waals surface area contributed by atoms with Crippen molar-refractivity contribution in [1.29, 1.82) is 5.26 Å². The summed E-state index contributed by atoms with van der Waals surface area (Å²) in [5.74, 6) is 0.0393. The van der Waals surface area contributed by atoms with Gasteiger partial charge in [-0.15, -0.1) is 0 Å². The molecule has 0 spiro atoms. The minimum absolute atomic E-state index is 0.0393. The van der Waals surface area contributed by atoms with E-state index in [0.717, 1.165) is 5.56 Å². The van der Waals surface area contributed by atoms with Gasteiger partial charge in [0.1, 0.15) is 0 Å². The summed E-state index contributed by atoms with van der Waals surface area (Å²) >= 11 is 0. The third kappa shape index (κ3) is 2.30. The lowest BCUT2D eigenvalue weighted by Gasteiger charge is -2.00. The van der Waals surface area contributed by atoms with Gasteiger partial charge in [0, 0.05) is 6.20 Å².